The zero-order valence-electron chi connectivity index (χ0n) is 30.1. The second-order valence-electron chi connectivity index (χ2n) is 14.5. The highest BCUT2D eigenvalue weighted by molar-refractivity contribution is 6.06. The minimum atomic E-state index is 0.820. The van der Waals surface area contributed by atoms with Crippen molar-refractivity contribution in [2.45, 2.75) is 12.8 Å². The van der Waals surface area contributed by atoms with Gasteiger partial charge >= 0.3 is 0 Å². The van der Waals surface area contributed by atoms with E-state index >= 15 is 0 Å². The Morgan fingerprint density at radius 3 is 1.80 bits per heavy atom. The van der Waals surface area contributed by atoms with Gasteiger partial charge in [-0.15, -0.1) is 0 Å². The van der Waals surface area contributed by atoms with Gasteiger partial charge in [0.1, 0.15) is 22.5 Å². The first-order chi connectivity index (χ1) is 27.2. The van der Waals surface area contributed by atoms with Crippen LogP contribution in [0, 0.1) is 0 Å². The van der Waals surface area contributed by atoms with Crippen LogP contribution in [-0.2, 0) is 6.42 Å². The van der Waals surface area contributed by atoms with Gasteiger partial charge < -0.3 is 13.7 Å². The van der Waals surface area contributed by atoms with Crippen molar-refractivity contribution in [1.29, 1.82) is 0 Å². The number of benzene rings is 8. The monoisotopic (exact) mass is 705 g/mol. The van der Waals surface area contributed by atoms with E-state index in [1.165, 1.54) is 38.7 Å². The highest BCUT2D eigenvalue weighted by atomic mass is 16.3. The van der Waals surface area contributed by atoms with Crippen LogP contribution in [0.2, 0.25) is 0 Å². The normalized spacial score (nSPS) is 12.7. The third-order valence-electron chi connectivity index (χ3n) is 11.1. The molecule has 55 heavy (non-hydrogen) atoms. The smallest absolute Gasteiger partial charge is 0.136 e. The SMILES string of the molecule is C1=C(N(c2cccc(-c3ccc(-c4ccccc4)cc3)c2)c2ccc3ccccc3c2)CCc2oc3cc(-c4ccc5c(c4)oc4ccccc45)ccc3c21. The largest absolute Gasteiger partial charge is 0.460 e. The van der Waals surface area contributed by atoms with Gasteiger partial charge in [0.2, 0.25) is 0 Å². The van der Waals surface area contributed by atoms with Crippen molar-refractivity contribution in [3.05, 3.63) is 199 Å². The van der Waals surface area contributed by atoms with Crippen molar-refractivity contribution < 1.29 is 8.83 Å². The molecule has 2 aromatic heterocycles. The highest BCUT2D eigenvalue weighted by Crippen LogP contribution is 2.42. The fourth-order valence-electron chi connectivity index (χ4n) is 8.36. The molecule has 0 saturated carbocycles. The van der Waals surface area contributed by atoms with Crippen molar-refractivity contribution in [3.63, 3.8) is 0 Å². The Labute approximate surface area is 319 Å². The second-order valence-corrected chi connectivity index (χ2v) is 14.5. The van der Waals surface area contributed by atoms with E-state index in [4.69, 9.17) is 8.83 Å². The van der Waals surface area contributed by atoms with Crippen molar-refractivity contribution in [3.8, 4) is 33.4 Å². The molecule has 11 rings (SSSR count). The van der Waals surface area contributed by atoms with E-state index in [2.05, 4.69) is 181 Å². The Kier molecular flexibility index (Phi) is 7.31. The summed E-state index contributed by atoms with van der Waals surface area (Å²) < 4.78 is 12.8. The Morgan fingerprint density at radius 1 is 0.364 bits per heavy atom. The first kappa shape index (κ1) is 31.4. The number of furan rings is 2. The Hall–Kier alpha value is -7.10. The van der Waals surface area contributed by atoms with E-state index in [1.54, 1.807) is 0 Å². The van der Waals surface area contributed by atoms with Crippen molar-refractivity contribution >= 4 is 61.1 Å². The second kappa shape index (κ2) is 12.8. The molecule has 3 heteroatoms. The van der Waals surface area contributed by atoms with Crippen LogP contribution >= 0.6 is 0 Å². The summed E-state index contributed by atoms with van der Waals surface area (Å²) in [6.45, 7) is 0. The maximum atomic E-state index is 6.62. The van der Waals surface area contributed by atoms with Crippen LogP contribution in [0.15, 0.2) is 197 Å². The lowest BCUT2D eigenvalue weighted by atomic mass is 9.96. The standard InChI is InChI=1S/C52H35NO2/c1-2-9-34(10-3-1)36-17-19-37(20-18-36)39-13-8-14-42(29-39)53(43-24-21-35-11-4-5-12-38(35)30-43)44-25-28-50-48(33-44)47-27-23-41(32-52(47)55-50)40-22-26-46-45-15-6-7-16-49(45)54-51(46)31-40/h1-24,26-27,29-33H,25,28H2. The number of fused-ring (bicyclic) bond motifs is 7. The van der Waals surface area contributed by atoms with Gasteiger partial charge in [-0.1, -0.05) is 127 Å². The first-order valence-corrected chi connectivity index (χ1v) is 18.9. The molecular weight excluding hydrogens is 671 g/mol. The molecule has 0 atom stereocenters. The van der Waals surface area contributed by atoms with Gasteiger partial charge in [-0.3, -0.25) is 0 Å². The topological polar surface area (TPSA) is 29.5 Å². The van der Waals surface area contributed by atoms with Crippen LogP contribution < -0.4 is 4.90 Å². The summed E-state index contributed by atoms with van der Waals surface area (Å²) >= 11 is 0. The molecule has 8 aromatic carbocycles. The fraction of sp³-hybridized carbons (Fsp3) is 0.0385. The van der Waals surface area contributed by atoms with Crippen LogP contribution in [0.4, 0.5) is 11.4 Å². The predicted octanol–water partition coefficient (Wildman–Crippen LogP) is 14.6. The molecule has 1 aliphatic rings. The number of aryl methyl sites for hydroxylation is 1. The molecule has 260 valence electrons. The number of nitrogens with zero attached hydrogens (tertiary/aromatic N) is 1. The number of anilines is 2. The van der Waals surface area contributed by atoms with Crippen molar-refractivity contribution in [2.24, 2.45) is 0 Å². The Bertz CT molecular complexity index is 3090. The molecule has 0 fully saturated rings. The van der Waals surface area contributed by atoms with Gasteiger partial charge in [-0.05, 0) is 111 Å². The third kappa shape index (κ3) is 5.52. The Balaban J connectivity index is 0.986. The minimum Gasteiger partial charge on any atom is -0.460 e. The number of para-hydroxylation sites is 1. The van der Waals surface area contributed by atoms with Gasteiger partial charge in [0, 0.05) is 45.2 Å². The summed E-state index contributed by atoms with van der Waals surface area (Å²) in [5, 5.41) is 5.86. The van der Waals surface area contributed by atoms with Crippen LogP contribution in [0.1, 0.15) is 17.7 Å². The molecule has 0 bridgehead atoms. The lowest BCUT2D eigenvalue weighted by Gasteiger charge is -2.30. The zero-order chi connectivity index (χ0) is 36.3. The minimum absolute atomic E-state index is 0.820. The molecule has 1 aliphatic carbocycles. The average Bonchev–Trinajstić information content (AvgIpc) is 3.81. The van der Waals surface area contributed by atoms with Gasteiger partial charge in [-0.2, -0.15) is 0 Å². The first-order valence-electron chi connectivity index (χ1n) is 18.9. The lowest BCUT2D eigenvalue weighted by Crippen LogP contribution is -2.19. The van der Waals surface area contributed by atoms with Gasteiger partial charge in [-0.25, -0.2) is 0 Å². The number of hydrogen-bond acceptors (Lipinski definition) is 3. The van der Waals surface area contributed by atoms with E-state index in [1.807, 2.05) is 12.1 Å². The summed E-state index contributed by atoms with van der Waals surface area (Å²) in [5.74, 6) is 1.04. The predicted molar refractivity (Wildman–Crippen MR) is 229 cm³/mol. The average molecular weight is 706 g/mol. The highest BCUT2D eigenvalue weighted by Gasteiger charge is 2.24. The molecular formula is C52H35NO2. The molecule has 3 nitrogen and oxygen atoms in total. The van der Waals surface area contributed by atoms with Crippen LogP contribution in [0.5, 0.6) is 0 Å². The molecule has 10 aromatic rings. The number of allylic oxidation sites excluding steroid dienone is 1. The van der Waals surface area contributed by atoms with Gasteiger partial charge in [0.25, 0.3) is 0 Å². The maximum absolute atomic E-state index is 6.62. The molecule has 0 saturated heterocycles. The van der Waals surface area contributed by atoms with Gasteiger partial charge in [0.15, 0.2) is 0 Å². The molecule has 0 radical (unpaired) electrons. The molecule has 0 unspecified atom stereocenters. The zero-order valence-corrected chi connectivity index (χ0v) is 30.1. The number of hydrogen-bond donors (Lipinski definition) is 0. The molecule has 2 heterocycles. The number of rotatable bonds is 6. The maximum Gasteiger partial charge on any atom is 0.136 e. The van der Waals surface area contributed by atoms with E-state index < -0.39 is 0 Å². The van der Waals surface area contributed by atoms with E-state index in [9.17, 15) is 0 Å². The summed E-state index contributed by atoms with van der Waals surface area (Å²) in [7, 11) is 0. The Morgan fingerprint density at radius 2 is 0.964 bits per heavy atom. The van der Waals surface area contributed by atoms with E-state index in [-0.39, 0.29) is 0 Å². The van der Waals surface area contributed by atoms with Crippen molar-refractivity contribution in [2.75, 3.05) is 4.90 Å². The van der Waals surface area contributed by atoms with Crippen molar-refractivity contribution in [1.82, 2.24) is 0 Å². The van der Waals surface area contributed by atoms with Gasteiger partial charge in [0.05, 0.1) is 0 Å². The third-order valence-corrected chi connectivity index (χ3v) is 11.1. The lowest BCUT2D eigenvalue weighted by molar-refractivity contribution is 0.542. The summed E-state index contributed by atoms with van der Waals surface area (Å²) in [6, 6.07) is 65.1. The van der Waals surface area contributed by atoms with E-state index in [0.29, 0.717) is 0 Å². The van der Waals surface area contributed by atoms with Crippen LogP contribution in [-0.4, -0.2) is 0 Å². The molecule has 0 spiro atoms. The quantitative estimate of drug-likeness (QED) is 0.172. The summed E-state index contributed by atoms with van der Waals surface area (Å²) in [6.07, 6.45) is 4.02. The van der Waals surface area contributed by atoms with Crippen LogP contribution in [0.25, 0.3) is 83.1 Å². The van der Waals surface area contributed by atoms with E-state index in [0.717, 1.165) is 79.6 Å². The summed E-state index contributed by atoms with van der Waals surface area (Å²) in [5.41, 5.74) is 14.4. The molecule has 0 N–H and O–H groups in total. The van der Waals surface area contributed by atoms with Crippen LogP contribution in [0.3, 0.4) is 0 Å². The summed E-state index contributed by atoms with van der Waals surface area (Å²) in [4.78, 5) is 2.44. The molecule has 0 aliphatic heterocycles. The molecule has 0 amide bonds. The fourth-order valence-corrected chi connectivity index (χ4v) is 8.36.